The van der Waals surface area contributed by atoms with Crippen molar-refractivity contribution in [1.29, 1.82) is 0 Å². The number of hydrogen-bond acceptors (Lipinski definition) is 0. The molecule has 19 heavy (non-hydrogen) atoms. The topological polar surface area (TPSA) is 0 Å². The van der Waals surface area contributed by atoms with Crippen LogP contribution in [-0.2, 0) is 0 Å². The summed E-state index contributed by atoms with van der Waals surface area (Å²) in [6.07, 6.45) is 1.38. The first kappa shape index (κ1) is 14.9. The molecule has 0 saturated carbocycles. The van der Waals surface area contributed by atoms with Crippen molar-refractivity contribution in [3.63, 3.8) is 0 Å². The van der Waals surface area contributed by atoms with Gasteiger partial charge in [-0.25, -0.2) is 0 Å². The maximum absolute atomic E-state index is 2.46. The first-order valence-electron chi connectivity index (χ1n) is 8.11. The van der Waals surface area contributed by atoms with Gasteiger partial charge in [0, 0.05) is 0 Å². The Balaban J connectivity index is 2.19. The Morgan fingerprint density at radius 3 is 1.11 bits per heavy atom. The zero-order valence-corrected chi connectivity index (χ0v) is 14.2. The molecule has 0 saturated heterocycles. The van der Waals surface area contributed by atoms with Crippen molar-refractivity contribution in [1.82, 2.24) is 0 Å². The van der Waals surface area contributed by atoms with Gasteiger partial charge in [-0.2, -0.15) is 0 Å². The minimum Gasteiger partial charge on any atom is -0.0710 e. The molecule has 0 aromatic carbocycles. The SMILES string of the molecule is CC1=C(C)[C@@H](C[C@H]2C(C)=C(C)[C@@H](C)C2C)C(C)C1C. The molecule has 2 rings (SSSR count). The van der Waals surface area contributed by atoms with E-state index in [1.54, 1.807) is 22.3 Å². The molecule has 0 N–H and O–H groups in total. The molecule has 0 nitrogen and oxygen atoms in total. The lowest BCUT2D eigenvalue weighted by atomic mass is 9.76. The highest BCUT2D eigenvalue weighted by atomic mass is 14.4. The molecule has 0 aliphatic heterocycles. The third-order valence-electron chi connectivity index (χ3n) is 7.08. The van der Waals surface area contributed by atoms with Crippen LogP contribution >= 0.6 is 0 Å². The second-order valence-corrected chi connectivity index (χ2v) is 7.48. The molecule has 2 aliphatic carbocycles. The van der Waals surface area contributed by atoms with Crippen LogP contribution in [0.4, 0.5) is 0 Å². The van der Waals surface area contributed by atoms with Gasteiger partial charge < -0.3 is 0 Å². The number of allylic oxidation sites excluding steroid dienone is 4. The highest BCUT2D eigenvalue weighted by Gasteiger charge is 2.39. The predicted molar refractivity (Wildman–Crippen MR) is 85.0 cm³/mol. The summed E-state index contributed by atoms with van der Waals surface area (Å²) in [5, 5.41) is 0. The van der Waals surface area contributed by atoms with Gasteiger partial charge in [0.15, 0.2) is 0 Å². The van der Waals surface area contributed by atoms with E-state index in [2.05, 4.69) is 55.4 Å². The average molecular weight is 260 g/mol. The van der Waals surface area contributed by atoms with Gasteiger partial charge in [0.1, 0.15) is 0 Å². The lowest BCUT2D eigenvalue weighted by Crippen LogP contribution is -2.20. The van der Waals surface area contributed by atoms with E-state index in [1.807, 2.05) is 0 Å². The normalized spacial score (nSPS) is 43.6. The highest BCUT2D eigenvalue weighted by molar-refractivity contribution is 5.28. The molecule has 2 aliphatic rings. The standard InChI is InChI=1S/C19H32/c1-10-11(2)15(6)18(14(10)5)9-19-16(7)12(3)13(4)17(19)8/h10,12,14,16,18-19H,9H2,1-8H3/t10-,12?,14?,16?,18-,19+/m1/s1. The first-order chi connectivity index (χ1) is 8.77. The van der Waals surface area contributed by atoms with Crippen molar-refractivity contribution in [2.24, 2.45) is 35.5 Å². The van der Waals surface area contributed by atoms with Crippen LogP contribution in [0.5, 0.6) is 0 Å². The fourth-order valence-electron chi connectivity index (χ4n) is 4.63. The minimum atomic E-state index is 0.782. The fraction of sp³-hybridized carbons (Fsp3) is 0.789. The van der Waals surface area contributed by atoms with E-state index in [9.17, 15) is 0 Å². The quantitative estimate of drug-likeness (QED) is 0.546. The summed E-state index contributed by atoms with van der Waals surface area (Å²) in [5.41, 5.74) is 6.71. The van der Waals surface area contributed by atoms with Crippen molar-refractivity contribution in [3.05, 3.63) is 22.3 Å². The Labute approximate surface area is 120 Å². The third kappa shape index (κ3) is 2.22. The third-order valence-corrected chi connectivity index (χ3v) is 7.08. The Morgan fingerprint density at radius 1 is 0.579 bits per heavy atom. The van der Waals surface area contributed by atoms with Gasteiger partial charge in [-0.05, 0) is 69.6 Å². The van der Waals surface area contributed by atoms with Crippen LogP contribution in [0.15, 0.2) is 22.3 Å². The van der Waals surface area contributed by atoms with Crippen LogP contribution in [0.1, 0.15) is 61.8 Å². The number of hydrogen-bond donors (Lipinski definition) is 0. The van der Waals surface area contributed by atoms with E-state index >= 15 is 0 Å². The average Bonchev–Trinajstić information content (AvgIpc) is 2.68. The Morgan fingerprint density at radius 2 is 0.895 bits per heavy atom. The zero-order valence-electron chi connectivity index (χ0n) is 14.2. The lowest BCUT2D eigenvalue weighted by Gasteiger charge is -2.28. The summed E-state index contributed by atoms with van der Waals surface area (Å²) >= 11 is 0. The molecule has 0 amide bonds. The van der Waals surface area contributed by atoms with Gasteiger partial charge in [0.05, 0.1) is 0 Å². The highest BCUT2D eigenvalue weighted by Crippen LogP contribution is 2.50. The van der Waals surface area contributed by atoms with Crippen LogP contribution < -0.4 is 0 Å². The van der Waals surface area contributed by atoms with Crippen LogP contribution in [0.25, 0.3) is 0 Å². The maximum Gasteiger partial charge on any atom is -0.0166 e. The summed E-state index contributed by atoms with van der Waals surface area (Å²) in [6, 6.07) is 0. The largest absolute Gasteiger partial charge is 0.0710 e. The molecule has 6 atom stereocenters. The van der Waals surface area contributed by atoms with Gasteiger partial charge in [0.25, 0.3) is 0 Å². The monoisotopic (exact) mass is 260 g/mol. The molecule has 0 heterocycles. The second-order valence-electron chi connectivity index (χ2n) is 7.48. The van der Waals surface area contributed by atoms with Crippen molar-refractivity contribution in [2.75, 3.05) is 0 Å². The smallest absolute Gasteiger partial charge is 0.0166 e. The van der Waals surface area contributed by atoms with E-state index in [4.69, 9.17) is 0 Å². The molecular weight excluding hydrogens is 228 g/mol. The molecule has 0 aromatic heterocycles. The van der Waals surface area contributed by atoms with Crippen molar-refractivity contribution < 1.29 is 0 Å². The number of rotatable bonds is 2. The fourth-order valence-corrected chi connectivity index (χ4v) is 4.63. The van der Waals surface area contributed by atoms with E-state index in [0.717, 1.165) is 35.5 Å². The minimum absolute atomic E-state index is 0.782. The molecular formula is C19H32. The van der Waals surface area contributed by atoms with Crippen LogP contribution in [0.3, 0.4) is 0 Å². The van der Waals surface area contributed by atoms with Crippen molar-refractivity contribution >= 4 is 0 Å². The van der Waals surface area contributed by atoms with Crippen LogP contribution in [0, 0.1) is 35.5 Å². The van der Waals surface area contributed by atoms with Gasteiger partial charge in [-0.1, -0.05) is 50.0 Å². The summed E-state index contributed by atoms with van der Waals surface area (Å²) in [5.74, 6) is 4.85. The first-order valence-corrected chi connectivity index (χ1v) is 8.11. The molecule has 0 heteroatoms. The van der Waals surface area contributed by atoms with E-state index in [0.29, 0.717) is 0 Å². The molecule has 108 valence electrons. The van der Waals surface area contributed by atoms with E-state index < -0.39 is 0 Å². The predicted octanol–water partition coefficient (Wildman–Crippen LogP) is 5.85. The molecule has 3 unspecified atom stereocenters. The van der Waals surface area contributed by atoms with Crippen LogP contribution in [0.2, 0.25) is 0 Å². The van der Waals surface area contributed by atoms with Crippen LogP contribution in [-0.4, -0.2) is 0 Å². The summed E-state index contributed by atoms with van der Waals surface area (Å²) in [6.45, 7) is 19.2. The second kappa shape index (κ2) is 5.11. The van der Waals surface area contributed by atoms with E-state index in [1.165, 1.54) is 6.42 Å². The van der Waals surface area contributed by atoms with Gasteiger partial charge in [0.2, 0.25) is 0 Å². The molecule has 0 bridgehead atoms. The Hall–Kier alpha value is -0.520. The summed E-state index contributed by atoms with van der Waals surface area (Å²) < 4.78 is 0. The summed E-state index contributed by atoms with van der Waals surface area (Å²) in [4.78, 5) is 0. The molecule has 0 spiro atoms. The van der Waals surface area contributed by atoms with Gasteiger partial charge >= 0.3 is 0 Å². The lowest BCUT2D eigenvalue weighted by molar-refractivity contribution is 0.267. The Kier molecular flexibility index (Phi) is 4.00. The summed E-state index contributed by atoms with van der Waals surface area (Å²) in [7, 11) is 0. The van der Waals surface area contributed by atoms with E-state index in [-0.39, 0.29) is 0 Å². The van der Waals surface area contributed by atoms with Gasteiger partial charge in [-0.15, -0.1) is 0 Å². The van der Waals surface area contributed by atoms with Crippen molar-refractivity contribution in [3.8, 4) is 0 Å². The van der Waals surface area contributed by atoms with Crippen molar-refractivity contribution in [2.45, 2.75) is 61.8 Å². The molecule has 0 aromatic rings. The van der Waals surface area contributed by atoms with Gasteiger partial charge in [-0.3, -0.25) is 0 Å². The zero-order chi connectivity index (χ0) is 14.5. The molecule has 0 radical (unpaired) electrons. The Bertz CT molecular complexity index is 383. The molecule has 0 fully saturated rings. The maximum atomic E-state index is 2.46.